The van der Waals surface area contributed by atoms with Crippen molar-refractivity contribution in [1.29, 1.82) is 0 Å². The second kappa shape index (κ2) is 12.9. The standard InChI is InChI=1S/C50H34N2O/c1-5-18-36(19-6-1)51(37-20-7-2-8-21-37)45-29-15-17-35-31-32-40-42(48(35)45)27-16-28-43(40)49-46(34-33-44-41-26-13-14-30-47(41)53-50(44)49)52(38-22-9-3-10-23-38)39-24-11-4-12-25-39/h1-34H. The number of para-hydroxylation sites is 5. The Bertz CT molecular complexity index is 2800. The average molecular weight is 679 g/mol. The van der Waals surface area contributed by atoms with Crippen LogP contribution in [-0.2, 0) is 0 Å². The number of hydrogen-bond acceptors (Lipinski definition) is 3. The maximum atomic E-state index is 6.88. The monoisotopic (exact) mass is 678 g/mol. The van der Waals surface area contributed by atoms with E-state index in [4.69, 9.17) is 4.42 Å². The lowest BCUT2D eigenvalue weighted by atomic mass is 9.91. The number of benzene rings is 9. The number of rotatable bonds is 7. The minimum absolute atomic E-state index is 0.872. The molecule has 10 rings (SSSR count). The van der Waals surface area contributed by atoms with Gasteiger partial charge in [-0.25, -0.2) is 0 Å². The molecule has 0 aliphatic heterocycles. The molecule has 0 spiro atoms. The zero-order chi connectivity index (χ0) is 35.1. The van der Waals surface area contributed by atoms with Gasteiger partial charge in [0.15, 0.2) is 0 Å². The topological polar surface area (TPSA) is 19.6 Å². The Kier molecular flexibility index (Phi) is 7.47. The summed E-state index contributed by atoms with van der Waals surface area (Å²) in [6.45, 7) is 0. The average Bonchev–Trinajstić information content (AvgIpc) is 3.61. The number of hydrogen-bond donors (Lipinski definition) is 0. The Balaban J connectivity index is 1.30. The normalized spacial score (nSPS) is 11.4. The van der Waals surface area contributed by atoms with Crippen LogP contribution in [0, 0.1) is 0 Å². The van der Waals surface area contributed by atoms with Gasteiger partial charge in [0, 0.05) is 44.5 Å². The van der Waals surface area contributed by atoms with Crippen molar-refractivity contribution in [3.05, 3.63) is 206 Å². The van der Waals surface area contributed by atoms with Crippen LogP contribution in [0.15, 0.2) is 211 Å². The van der Waals surface area contributed by atoms with E-state index < -0.39 is 0 Å². The van der Waals surface area contributed by atoms with E-state index in [1.54, 1.807) is 0 Å². The Morgan fingerprint density at radius 1 is 0.321 bits per heavy atom. The van der Waals surface area contributed by atoms with Gasteiger partial charge in [-0.3, -0.25) is 0 Å². The van der Waals surface area contributed by atoms with Gasteiger partial charge in [-0.15, -0.1) is 0 Å². The van der Waals surface area contributed by atoms with Crippen LogP contribution in [0.2, 0.25) is 0 Å². The molecule has 0 fully saturated rings. The molecule has 0 N–H and O–H groups in total. The van der Waals surface area contributed by atoms with Crippen LogP contribution in [-0.4, -0.2) is 0 Å². The van der Waals surface area contributed by atoms with Crippen LogP contribution in [0.4, 0.5) is 34.1 Å². The van der Waals surface area contributed by atoms with Gasteiger partial charge in [0.05, 0.1) is 11.4 Å². The summed E-state index contributed by atoms with van der Waals surface area (Å²) in [7, 11) is 0. The molecule has 0 atom stereocenters. The molecule has 0 aliphatic rings. The lowest BCUT2D eigenvalue weighted by Gasteiger charge is -2.29. The molecule has 0 bridgehead atoms. The van der Waals surface area contributed by atoms with Gasteiger partial charge in [0.25, 0.3) is 0 Å². The first-order valence-corrected chi connectivity index (χ1v) is 18.0. The van der Waals surface area contributed by atoms with E-state index >= 15 is 0 Å². The summed E-state index contributed by atoms with van der Waals surface area (Å²) in [4.78, 5) is 4.71. The summed E-state index contributed by atoms with van der Waals surface area (Å²) < 4.78 is 6.88. The lowest BCUT2D eigenvalue weighted by Crippen LogP contribution is -2.11. The summed E-state index contributed by atoms with van der Waals surface area (Å²) in [5.74, 6) is 0. The maximum absolute atomic E-state index is 6.88. The third-order valence-electron chi connectivity index (χ3n) is 10.2. The van der Waals surface area contributed by atoms with Crippen molar-refractivity contribution in [1.82, 2.24) is 0 Å². The summed E-state index contributed by atoms with van der Waals surface area (Å²) >= 11 is 0. The molecule has 3 heteroatoms. The van der Waals surface area contributed by atoms with Crippen molar-refractivity contribution in [2.75, 3.05) is 9.80 Å². The Labute approximate surface area is 308 Å². The highest BCUT2D eigenvalue weighted by Crippen LogP contribution is 2.49. The van der Waals surface area contributed by atoms with Crippen LogP contribution < -0.4 is 9.80 Å². The van der Waals surface area contributed by atoms with Crippen molar-refractivity contribution >= 4 is 77.6 Å². The molecular weight excluding hydrogens is 645 g/mol. The summed E-state index contributed by atoms with van der Waals surface area (Å²) in [6, 6.07) is 73.2. The smallest absolute Gasteiger partial charge is 0.145 e. The van der Waals surface area contributed by atoms with E-state index in [0.29, 0.717) is 0 Å². The van der Waals surface area contributed by atoms with Crippen LogP contribution in [0.1, 0.15) is 0 Å². The summed E-state index contributed by atoms with van der Waals surface area (Å²) in [5, 5.41) is 6.91. The number of fused-ring (bicyclic) bond motifs is 6. The summed E-state index contributed by atoms with van der Waals surface area (Å²) in [5.41, 5.74) is 10.4. The first-order valence-electron chi connectivity index (χ1n) is 18.0. The number of nitrogens with zero attached hydrogens (tertiary/aromatic N) is 2. The van der Waals surface area contributed by atoms with Gasteiger partial charge in [-0.1, -0.05) is 133 Å². The van der Waals surface area contributed by atoms with Crippen LogP contribution >= 0.6 is 0 Å². The molecule has 10 aromatic rings. The van der Waals surface area contributed by atoms with E-state index in [2.05, 4.69) is 210 Å². The molecule has 0 amide bonds. The van der Waals surface area contributed by atoms with E-state index in [1.807, 2.05) is 6.07 Å². The fourth-order valence-electron chi connectivity index (χ4n) is 7.92. The van der Waals surface area contributed by atoms with E-state index in [9.17, 15) is 0 Å². The quantitative estimate of drug-likeness (QED) is 0.156. The minimum Gasteiger partial charge on any atom is -0.455 e. The Hall–Kier alpha value is -7.10. The Morgan fingerprint density at radius 2 is 0.830 bits per heavy atom. The maximum Gasteiger partial charge on any atom is 0.145 e. The highest BCUT2D eigenvalue weighted by atomic mass is 16.3. The molecule has 0 saturated heterocycles. The van der Waals surface area contributed by atoms with Crippen LogP contribution in [0.25, 0.3) is 54.6 Å². The van der Waals surface area contributed by atoms with E-state index in [1.165, 1.54) is 16.2 Å². The zero-order valence-corrected chi connectivity index (χ0v) is 28.9. The van der Waals surface area contributed by atoms with Gasteiger partial charge >= 0.3 is 0 Å². The van der Waals surface area contributed by atoms with Crippen molar-refractivity contribution in [3.8, 4) is 11.1 Å². The molecule has 250 valence electrons. The van der Waals surface area contributed by atoms with E-state index in [-0.39, 0.29) is 0 Å². The highest BCUT2D eigenvalue weighted by molar-refractivity contribution is 6.21. The summed E-state index contributed by atoms with van der Waals surface area (Å²) in [6.07, 6.45) is 0. The van der Waals surface area contributed by atoms with Gasteiger partial charge in [0.1, 0.15) is 11.2 Å². The first-order chi connectivity index (χ1) is 26.3. The fourth-order valence-corrected chi connectivity index (χ4v) is 7.92. The van der Waals surface area contributed by atoms with Crippen LogP contribution in [0.5, 0.6) is 0 Å². The van der Waals surface area contributed by atoms with Crippen LogP contribution in [0.3, 0.4) is 0 Å². The third-order valence-corrected chi connectivity index (χ3v) is 10.2. The largest absolute Gasteiger partial charge is 0.455 e. The van der Waals surface area contributed by atoms with Gasteiger partial charge < -0.3 is 14.2 Å². The van der Waals surface area contributed by atoms with Gasteiger partial charge in [-0.05, 0) is 94.5 Å². The molecule has 1 heterocycles. The van der Waals surface area contributed by atoms with E-state index in [0.717, 1.165) is 72.6 Å². The highest BCUT2D eigenvalue weighted by Gasteiger charge is 2.25. The predicted octanol–water partition coefficient (Wildman–Crippen LogP) is 14.5. The lowest BCUT2D eigenvalue weighted by molar-refractivity contribution is 0.670. The molecule has 0 unspecified atom stereocenters. The Morgan fingerprint density at radius 3 is 1.45 bits per heavy atom. The molecule has 1 aromatic heterocycles. The molecular formula is C50H34N2O. The van der Waals surface area contributed by atoms with Crippen molar-refractivity contribution < 1.29 is 4.42 Å². The SMILES string of the molecule is c1ccc(N(c2ccccc2)c2ccc3c(oc4ccccc43)c2-c2cccc3c2ccc2cccc(N(c4ccccc4)c4ccccc4)c23)cc1. The predicted molar refractivity (Wildman–Crippen MR) is 224 cm³/mol. The molecule has 0 radical (unpaired) electrons. The third kappa shape index (κ3) is 5.21. The second-order valence-electron chi connectivity index (χ2n) is 13.3. The van der Waals surface area contributed by atoms with Crippen molar-refractivity contribution in [3.63, 3.8) is 0 Å². The number of anilines is 6. The van der Waals surface area contributed by atoms with Gasteiger partial charge in [0.2, 0.25) is 0 Å². The molecule has 53 heavy (non-hydrogen) atoms. The first kappa shape index (κ1) is 30.7. The van der Waals surface area contributed by atoms with Gasteiger partial charge in [-0.2, -0.15) is 0 Å². The molecule has 0 saturated carbocycles. The second-order valence-corrected chi connectivity index (χ2v) is 13.3. The number of furan rings is 1. The van der Waals surface area contributed by atoms with Crippen molar-refractivity contribution in [2.45, 2.75) is 0 Å². The van der Waals surface area contributed by atoms with Crippen molar-refractivity contribution in [2.24, 2.45) is 0 Å². The molecule has 3 nitrogen and oxygen atoms in total. The molecule has 9 aromatic carbocycles. The molecule has 0 aliphatic carbocycles. The minimum atomic E-state index is 0.872. The zero-order valence-electron chi connectivity index (χ0n) is 28.9. The fraction of sp³-hybridized carbons (Fsp3) is 0.